The lowest BCUT2D eigenvalue weighted by Crippen LogP contribution is -2.10. The molecule has 13 heavy (non-hydrogen) atoms. The van der Waals surface area contributed by atoms with Gasteiger partial charge in [-0.2, -0.15) is 0 Å². The Bertz CT molecular complexity index is 327. The third kappa shape index (κ3) is 2.95. The summed E-state index contributed by atoms with van der Waals surface area (Å²) in [7, 11) is -2.85. The Balaban J connectivity index is 2.50. The fraction of sp³-hybridized carbons (Fsp3) is 0.667. The third-order valence-corrected chi connectivity index (χ3v) is 4.11. The molecule has 0 bridgehead atoms. The highest BCUT2D eigenvalue weighted by atomic mass is 32.2. The average Bonchev–Trinajstić information content (AvgIpc) is 2.30. The van der Waals surface area contributed by atoms with E-state index in [9.17, 15) is 13.2 Å². The molecular weight excluding hydrogens is 188 g/mol. The molecule has 0 amide bonds. The van der Waals surface area contributed by atoms with Crippen LogP contribution in [0.1, 0.15) is 19.8 Å². The van der Waals surface area contributed by atoms with Crippen LogP contribution in [0.5, 0.6) is 0 Å². The molecule has 0 aromatic carbocycles. The van der Waals surface area contributed by atoms with Crippen molar-refractivity contribution in [1.29, 1.82) is 0 Å². The lowest BCUT2D eigenvalue weighted by molar-refractivity contribution is -0.116. The molecule has 1 saturated heterocycles. The van der Waals surface area contributed by atoms with Gasteiger partial charge in [-0.3, -0.25) is 4.79 Å². The van der Waals surface area contributed by atoms with Crippen molar-refractivity contribution >= 4 is 15.6 Å². The van der Waals surface area contributed by atoms with Crippen LogP contribution < -0.4 is 0 Å². The molecule has 0 radical (unpaired) electrons. The van der Waals surface area contributed by atoms with Crippen molar-refractivity contribution in [3.8, 4) is 0 Å². The lowest BCUT2D eigenvalue weighted by Gasteiger charge is -2.04. The van der Waals surface area contributed by atoms with Gasteiger partial charge in [-0.05, 0) is 24.8 Å². The molecule has 1 aliphatic heterocycles. The lowest BCUT2D eigenvalue weighted by atomic mass is 9.99. The van der Waals surface area contributed by atoms with Crippen molar-refractivity contribution in [3.05, 3.63) is 12.2 Å². The predicted octanol–water partition coefficient (Wildman–Crippen LogP) is 0.956. The smallest absolute Gasteiger partial charge is 0.158 e. The molecule has 0 spiro atoms. The Morgan fingerprint density at radius 1 is 1.54 bits per heavy atom. The van der Waals surface area contributed by atoms with Gasteiger partial charge < -0.3 is 0 Å². The van der Waals surface area contributed by atoms with Crippen LogP contribution in [-0.2, 0) is 14.6 Å². The topological polar surface area (TPSA) is 51.2 Å². The van der Waals surface area contributed by atoms with Gasteiger partial charge in [0.25, 0.3) is 0 Å². The first-order valence-electron chi connectivity index (χ1n) is 4.30. The van der Waals surface area contributed by atoms with E-state index in [1.165, 1.54) is 0 Å². The maximum Gasteiger partial charge on any atom is 0.158 e. The number of carbonyl (C=O) groups excluding carboxylic acids is 1. The van der Waals surface area contributed by atoms with Gasteiger partial charge in [0.15, 0.2) is 15.6 Å². The summed E-state index contributed by atoms with van der Waals surface area (Å²) in [6.07, 6.45) is 0.968. The fourth-order valence-electron chi connectivity index (χ4n) is 1.47. The fourth-order valence-corrected chi connectivity index (χ4v) is 3.33. The maximum absolute atomic E-state index is 11.2. The second-order valence-electron chi connectivity index (χ2n) is 3.68. The van der Waals surface area contributed by atoms with E-state index in [2.05, 4.69) is 6.58 Å². The largest absolute Gasteiger partial charge is 0.295 e. The quantitative estimate of drug-likeness (QED) is 0.640. The molecule has 0 saturated carbocycles. The van der Waals surface area contributed by atoms with E-state index in [-0.39, 0.29) is 23.2 Å². The van der Waals surface area contributed by atoms with Crippen molar-refractivity contribution in [2.24, 2.45) is 5.92 Å². The van der Waals surface area contributed by atoms with Crippen LogP contribution in [-0.4, -0.2) is 25.7 Å². The summed E-state index contributed by atoms with van der Waals surface area (Å²) >= 11 is 0. The Morgan fingerprint density at radius 2 is 2.15 bits per heavy atom. The van der Waals surface area contributed by atoms with Gasteiger partial charge in [0, 0.05) is 6.42 Å². The summed E-state index contributed by atoms with van der Waals surface area (Å²) in [4.78, 5) is 11.2. The zero-order valence-electron chi connectivity index (χ0n) is 7.75. The molecule has 0 aromatic rings. The summed E-state index contributed by atoms with van der Waals surface area (Å²) in [6, 6.07) is 0. The first-order chi connectivity index (χ1) is 5.91. The number of allylic oxidation sites excluding steroid dienone is 1. The second kappa shape index (κ2) is 3.62. The van der Waals surface area contributed by atoms with E-state index in [4.69, 9.17) is 0 Å². The molecule has 3 nitrogen and oxygen atoms in total. The molecular formula is C9H14O3S. The highest BCUT2D eigenvalue weighted by Crippen LogP contribution is 2.22. The van der Waals surface area contributed by atoms with E-state index >= 15 is 0 Å². The number of sulfone groups is 1. The number of hydrogen-bond acceptors (Lipinski definition) is 3. The highest BCUT2D eigenvalue weighted by molar-refractivity contribution is 7.91. The molecule has 1 heterocycles. The van der Waals surface area contributed by atoms with Crippen molar-refractivity contribution in [2.45, 2.75) is 19.8 Å². The van der Waals surface area contributed by atoms with Crippen LogP contribution >= 0.6 is 0 Å². The minimum absolute atomic E-state index is 0.0119. The highest BCUT2D eigenvalue weighted by Gasteiger charge is 2.29. The minimum Gasteiger partial charge on any atom is -0.295 e. The molecule has 1 atom stereocenters. The Labute approximate surface area is 78.8 Å². The third-order valence-electron chi connectivity index (χ3n) is 2.28. The molecule has 0 aliphatic carbocycles. The predicted molar refractivity (Wildman–Crippen MR) is 51.2 cm³/mol. The van der Waals surface area contributed by atoms with Gasteiger partial charge in [0.1, 0.15) is 0 Å². The number of Topliss-reactive ketones (excluding diaryl/α,β-unsaturated/α-hetero) is 1. The Kier molecular flexibility index (Phi) is 2.91. The maximum atomic E-state index is 11.2. The van der Waals surface area contributed by atoms with Crippen molar-refractivity contribution in [1.82, 2.24) is 0 Å². The Hall–Kier alpha value is -0.640. The SMILES string of the molecule is C=C(C)C(=O)CC1CCS(=O)(=O)C1. The number of ketones is 1. The zero-order chi connectivity index (χ0) is 10.1. The molecule has 74 valence electrons. The van der Waals surface area contributed by atoms with E-state index in [1.807, 2.05) is 0 Å². The van der Waals surface area contributed by atoms with Crippen LogP contribution in [0, 0.1) is 5.92 Å². The normalized spacial score (nSPS) is 25.8. The number of carbonyl (C=O) groups is 1. The molecule has 0 N–H and O–H groups in total. The van der Waals surface area contributed by atoms with Crippen LogP contribution in [0.25, 0.3) is 0 Å². The van der Waals surface area contributed by atoms with Crippen LogP contribution in [0.4, 0.5) is 0 Å². The van der Waals surface area contributed by atoms with Gasteiger partial charge in [-0.15, -0.1) is 0 Å². The summed E-state index contributed by atoms with van der Waals surface area (Å²) in [5, 5.41) is 0. The monoisotopic (exact) mass is 202 g/mol. The average molecular weight is 202 g/mol. The van der Waals surface area contributed by atoms with Gasteiger partial charge in [0.05, 0.1) is 11.5 Å². The van der Waals surface area contributed by atoms with E-state index < -0.39 is 9.84 Å². The van der Waals surface area contributed by atoms with Crippen molar-refractivity contribution in [2.75, 3.05) is 11.5 Å². The van der Waals surface area contributed by atoms with Gasteiger partial charge in [-0.25, -0.2) is 8.42 Å². The van der Waals surface area contributed by atoms with Gasteiger partial charge in [0.2, 0.25) is 0 Å². The summed E-state index contributed by atoms with van der Waals surface area (Å²) in [5.74, 6) is 0.420. The molecule has 0 aromatic heterocycles. The second-order valence-corrected chi connectivity index (χ2v) is 5.91. The van der Waals surface area contributed by atoms with E-state index in [1.54, 1.807) is 6.92 Å². The Morgan fingerprint density at radius 3 is 2.54 bits per heavy atom. The first-order valence-corrected chi connectivity index (χ1v) is 6.12. The van der Waals surface area contributed by atoms with Crippen LogP contribution in [0.15, 0.2) is 12.2 Å². The van der Waals surface area contributed by atoms with E-state index in [0.29, 0.717) is 18.4 Å². The molecule has 1 unspecified atom stereocenters. The van der Waals surface area contributed by atoms with Crippen LogP contribution in [0.2, 0.25) is 0 Å². The van der Waals surface area contributed by atoms with Crippen molar-refractivity contribution < 1.29 is 13.2 Å². The summed E-state index contributed by atoms with van der Waals surface area (Å²) in [6.45, 7) is 5.19. The molecule has 4 heteroatoms. The minimum atomic E-state index is -2.85. The standard InChI is InChI=1S/C9H14O3S/c1-7(2)9(10)5-8-3-4-13(11,12)6-8/h8H,1,3-6H2,2H3. The van der Waals surface area contributed by atoms with Gasteiger partial charge in [-0.1, -0.05) is 6.58 Å². The van der Waals surface area contributed by atoms with Crippen LogP contribution in [0.3, 0.4) is 0 Å². The number of hydrogen-bond donors (Lipinski definition) is 0. The van der Waals surface area contributed by atoms with E-state index in [0.717, 1.165) is 0 Å². The summed E-state index contributed by atoms with van der Waals surface area (Å²) in [5.41, 5.74) is 0.518. The van der Waals surface area contributed by atoms with Crippen molar-refractivity contribution in [3.63, 3.8) is 0 Å². The summed E-state index contributed by atoms with van der Waals surface area (Å²) < 4.78 is 22.1. The first kappa shape index (κ1) is 10.4. The zero-order valence-corrected chi connectivity index (χ0v) is 8.56. The van der Waals surface area contributed by atoms with Gasteiger partial charge >= 0.3 is 0 Å². The molecule has 1 fully saturated rings. The molecule has 1 aliphatic rings. The number of rotatable bonds is 3. The molecule has 1 rings (SSSR count).